The van der Waals surface area contributed by atoms with E-state index in [0.29, 0.717) is 48.0 Å². The summed E-state index contributed by atoms with van der Waals surface area (Å²) in [5.41, 5.74) is 6.31. The van der Waals surface area contributed by atoms with Crippen LogP contribution in [0.2, 0.25) is 0 Å². The number of nitrogens with two attached hydrogens (primary N) is 1. The van der Waals surface area contributed by atoms with Crippen LogP contribution < -0.4 is 21.2 Å². The minimum absolute atomic E-state index is 0.154. The fraction of sp³-hybridized carbons (Fsp3) is 0.172. The van der Waals surface area contributed by atoms with Gasteiger partial charge in [-0.3, -0.25) is 4.79 Å². The number of rotatable bonds is 8. The number of para-hydroxylation sites is 1. The summed E-state index contributed by atoms with van der Waals surface area (Å²) in [5.74, 6) is -1.71. The molecule has 212 valence electrons. The van der Waals surface area contributed by atoms with Crippen LogP contribution in [0.5, 0.6) is 0 Å². The molecule has 1 aromatic heterocycles. The zero-order valence-corrected chi connectivity index (χ0v) is 21.5. The topological polar surface area (TPSA) is 102 Å². The average Bonchev–Trinajstić information content (AvgIpc) is 3.56. The molecule has 0 fully saturated rings. The lowest BCUT2D eigenvalue weighted by atomic mass is 10.0. The average molecular weight is 568 g/mol. The number of carbonyl (C=O) groups is 2. The number of hydrogen-bond acceptors (Lipinski definition) is 4. The molecule has 4 N–H and O–H groups in total. The van der Waals surface area contributed by atoms with Crippen molar-refractivity contribution in [3.63, 3.8) is 0 Å². The van der Waals surface area contributed by atoms with Crippen molar-refractivity contribution in [2.75, 3.05) is 30.3 Å². The molecule has 3 amide bonds. The van der Waals surface area contributed by atoms with Gasteiger partial charge in [0.25, 0.3) is 5.91 Å². The number of nitrogens with one attached hydrogen (secondary N) is 2. The van der Waals surface area contributed by atoms with Crippen LogP contribution in [0.25, 0.3) is 22.0 Å². The van der Waals surface area contributed by atoms with E-state index in [0.717, 1.165) is 18.4 Å². The summed E-state index contributed by atoms with van der Waals surface area (Å²) in [5, 5.41) is 5.28. The molecule has 41 heavy (non-hydrogen) atoms. The van der Waals surface area contributed by atoms with Crippen molar-refractivity contribution < 1.29 is 32.0 Å². The number of anilines is 2. The van der Waals surface area contributed by atoms with Gasteiger partial charge in [0.1, 0.15) is 12.4 Å². The fourth-order valence-electron chi connectivity index (χ4n) is 4.64. The second-order valence-electron chi connectivity index (χ2n) is 9.29. The Bertz CT molecular complexity index is 1630. The number of aromatic nitrogens is 1. The minimum atomic E-state index is -4.69. The summed E-state index contributed by atoms with van der Waals surface area (Å²) in [6, 6.07) is 14.5. The summed E-state index contributed by atoms with van der Waals surface area (Å²) < 4.78 is 54.4. The number of amides is 3. The summed E-state index contributed by atoms with van der Waals surface area (Å²) in [7, 11) is 0. The van der Waals surface area contributed by atoms with Crippen molar-refractivity contribution in [2.24, 2.45) is 5.73 Å². The van der Waals surface area contributed by atoms with Gasteiger partial charge in [-0.05, 0) is 54.6 Å². The largest absolute Gasteiger partial charge is 0.416 e. The lowest BCUT2D eigenvalue weighted by Gasteiger charge is -2.17. The van der Waals surface area contributed by atoms with Crippen molar-refractivity contribution >= 4 is 34.2 Å². The number of alkyl halides is 3. The van der Waals surface area contributed by atoms with E-state index in [9.17, 15) is 27.2 Å². The standard InChI is InChI=1S/C29H25F4N5O3/c30-22-12-9-19(29(31,32)33)17-23(22)36-28(40)35-20-10-7-18(8-11-20)25-21-5-1-2-6-24(21)38(26(25)27(34)39)41-16-15-37-13-3-4-14-37/h1-3,5-13,17H,4,14-16H2,(H2,34,39)(H2,35,36,40). The van der Waals surface area contributed by atoms with E-state index in [4.69, 9.17) is 10.6 Å². The molecule has 0 spiro atoms. The highest BCUT2D eigenvalue weighted by molar-refractivity contribution is 6.10. The fourth-order valence-corrected chi connectivity index (χ4v) is 4.64. The van der Waals surface area contributed by atoms with Gasteiger partial charge < -0.3 is 26.1 Å². The summed E-state index contributed by atoms with van der Waals surface area (Å²) >= 11 is 0. The lowest BCUT2D eigenvalue weighted by molar-refractivity contribution is -0.137. The highest BCUT2D eigenvalue weighted by Crippen LogP contribution is 2.35. The monoisotopic (exact) mass is 567 g/mol. The van der Waals surface area contributed by atoms with Crippen LogP contribution in [-0.4, -0.2) is 41.3 Å². The molecule has 0 saturated heterocycles. The summed E-state index contributed by atoms with van der Waals surface area (Å²) in [4.78, 5) is 33.2. The van der Waals surface area contributed by atoms with E-state index in [1.54, 1.807) is 12.1 Å². The van der Waals surface area contributed by atoms with Gasteiger partial charge >= 0.3 is 12.2 Å². The molecule has 0 unspecified atom stereocenters. The first-order chi connectivity index (χ1) is 19.6. The molecule has 1 aliphatic heterocycles. The normalized spacial score (nSPS) is 13.0. The van der Waals surface area contributed by atoms with Crippen molar-refractivity contribution in [1.29, 1.82) is 0 Å². The van der Waals surface area contributed by atoms with Crippen LogP contribution in [-0.2, 0) is 6.18 Å². The Labute approximate surface area is 231 Å². The Balaban J connectivity index is 1.37. The highest BCUT2D eigenvalue weighted by atomic mass is 19.4. The summed E-state index contributed by atoms with van der Waals surface area (Å²) in [6.07, 6.45) is 0.352. The molecule has 0 atom stereocenters. The van der Waals surface area contributed by atoms with E-state index in [1.165, 1.54) is 16.9 Å². The number of halogens is 4. The molecule has 0 aliphatic carbocycles. The number of primary amides is 1. The van der Waals surface area contributed by atoms with Gasteiger partial charge in [-0.15, -0.1) is 0 Å². The second kappa shape index (κ2) is 11.2. The van der Waals surface area contributed by atoms with Crippen molar-refractivity contribution in [3.8, 4) is 11.1 Å². The van der Waals surface area contributed by atoms with Crippen LogP contribution in [0.1, 0.15) is 22.5 Å². The zero-order chi connectivity index (χ0) is 29.1. The highest BCUT2D eigenvalue weighted by Gasteiger charge is 2.31. The van der Waals surface area contributed by atoms with Gasteiger partial charge in [0, 0.05) is 23.2 Å². The Morgan fingerprint density at radius 3 is 2.44 bits per heavy atom. The molecule has 0 saturated carbocycles. The molecule has 0 radical (unpaired) electrons. The molecular formula is C29H25F4N5O3. The van der Waals surface area contributed by atoms with Gasteiger partial charge in [0.2, 0.25) is 0 Å². The summed E-state index contributed by atoms with van der Waals surface area (Å²) in [6.45, 7) is 1.84. The number of hydrogen-bond donors (Lipinski definition) is 3. The molecule has 8 nitrogen and oxygen atoms in total. The SMILES string of the molecule is NC(=O)c1c(-c2ccc(NC(=O)Nc3cc(C(F)(F)F)ccc3F)cc2)c2ccccc2n1OCCN1C=CCC1. The molecule has 4 aromatic rings. The molecule has 3 aromatic carbocycles. The smallest absolute Gasteiger partial charge is 0.411 e. The molecule has 2 heterocycles. The van der Waals surface area contributed by atoms with Gasteiger partial charge in [-0.25, -0.2) is 9.18 Å². The van der Waals surface area contributed by atoms with Crippen LogP contribution in [0.15, 0.2) is 79.0 Å². The Kier molecular flexibility index (Phi) is 7.56. The first-order valence-electron chi connectivity index (χ1n) is 12.6. The maximum Gasteiger partial charge on any atom is 0.416 e. The van der Waals surface area contributed by atoms with Crippen LogP contribution in [0.4, 0.5) is 33.7 Å². The van der Waals surface area contributed by atoms with Gasteiger partial charge in [0.15, 0.2) is 5.69 Å². The lowest BCUT2D eigenvalue weighted by Crippen LogP contribution is -2.28. The number of fused-ring (bicyclic) bond motifs is 1. The third-order valence-corrected chi connectivity index (χ3v) is 6.54. The number of carbonyl (C=O) groups excluding carboxylic acids is 2. The second-order valence-corrected chi connectivity index (χ2v) is 9.29. The Hall–Kier alpha value is -5.00. The number of benzene rings is 3. The molecular weight excluding hydrogens is 542 g/mol. The van der Waals surface area contributed by atoms with Gasteiger partial charge in [-0.1, -0.05) is 36.4 Å². The Morgan fingerprint density at radius 2 is 1.76 bits per heavy atom. The third-order valence-electron chi connectivity index (χ3n) is 6.54. The molecule has 5 rings (SSSR count). The van der Waals surface area contributed by atoms with E-state index >= 15 is 0 Å². The maximum absolute atomic E-state index is 14.0. The van der Waals surface area contributed by atoms with Crippen LogP contribution in [0, 0.1) is 5.82 Å². The predicted octanol–water partition coefficient (Wildman–Crippen LogP) is 5.86. The maximum atomic E-state index is 14.0. The molecule has 0 bridgehead atoms. The zero-order valence-electron chi connectivity index (χ0n) is 21.5. The first-order valence-corrected chi connectivity index (χ1v) is 12.6. The van der Waals surface area contributed by atoms with Crippen molar-refractivity contribution in [1.82, 2.24) is 9.63 Å². The van der Waals surface area contributed by atoms with Crippen LogP contribution >= 0.6 is 0 Å². The van der Waals surface area contributed by atoms with E-state index < -0.39 is 35.2 Å². The molecule has 1 aliphatic rings. The Morgan fingerprint density at radius 1 is 1.00 bits per heavy atom. The van der Waals surface area contributed by atoms with Crippen molar-refractivity contribution in [3.05, 3.63) is 96.1 Å². The van der Waals surface area contributed by atoms with Gasteiger partial charge in [0.05, 0.1) is 23.3 Å². The van der Waals surface area contributed by atoms with Crippen LogP contribution in [0.3, 0.4) is 0 Å². The quantitative estimate of drug-likeness (QED) is 0.232. The third kappa shape index (κ3) is 5.96. The molecule has 12 heteroatoms. The van der Waals surface area contributed by atoms with Crippen molar-refractivity contribution in [2.45, 2.75) is 12.6 Å². The predicted molar refractivity (Wildman–Crippen MR) is 147 cm³/mol. The van der Waals surface area contributed by atoms with E-state index in [-0.39, 0.29) is 11.4 Å². The van der Waals surface area contributed by atoms with Gasteiger partial charge in [-0.2, -0.15) is 17.9 Å². The number of urea groups is 1. The number of nitrogens with zero attached hydrogens (tertiary/aromatic N) is 2. The van der Waals surface area contributed by atoms with E-state index in [2.05, 4.69) is 21.6 Å². The first kappa shape index (κ1) is 27.6. The van der Waals surface area contributed by atoms with E-state index in [1.807, 2.05) is 30.5 Å². The minimum Gasteiger partial charge on any atom is -0.411 e.